The molecule has 1 aromatic carbocycles. The first-order valence-electron chi connectivity index (χ1n) is 7.64. The summed E-state index contributed by atoms with van der Waals surface area (Å²) >= 11 is 0. The van der Waals surface area contributed by atoms with Gasteiger partial charge in [-0.15, -0.1) is 0 Å². The number of hydrogen-bond donors (Lipinski definition) is 2. The van der Waals surface area contributed by atoms with E-state index in [0.717, 1.165) is 25.7 Å². The van der Waals surface area contributed by atoms with E-state index in [4.69, 9.17) is 4.74 Å². The molecule has 114 valence electrons. The van der Waals surface area contributed by atoms with Gasteiger partial charge in [0.25, 0.3) is 0 Å². The third-order valence-corrected chi connectivity index (χ3v) is 4.10. The molecule has 2 aliphatic rings. The van der Waals surface area contributed by atoms with Gasteiger partial charge >= 0.3 is 6.03 Å². The molecule has 0 aliphatic heterocycles. The number of amides is 2. The van der Waals surface area contributed by atoms with E-state index in [-0.39, 0.29) is 24.0 Å². The van der Waals surface area contributed by atoms with Crippen LogP contribution in [0.15, 0.2) is 18.2 Å². The Morgan fingerprint density at radius 3 is 2.81 bits per heavy atom. The zero-order valence-corrected chi connectivity index (χ0v) is 12.2. The Balaban J connectivity index is 1.50. The van der Waals surface area contributed by atoms with Crippen molar-refractivity contribution in [2.24, 2.45) is 0 Å². The van der Waals surface area contributed by atoms with Gasteiger partial charge in [-0.2, -0.15) is 0 Å². The number of urea groups is 1. The predicted octanol–water partition coefficient (Wildman–Crippen LogP) is 3.39. The monoisotopic (exact) mass is 292 g/mol. The third-order valence-electron chi connectivity index (χ3n) is 4.10. The minimum absolute atomic E-state index is 0.171. The summed E-state index contributed by atoms with van der Waals surface area (Å²) in [6, 6.07) is 4.71. The predicted molar refractivity (Wildman–Crippen MR) is 79.0 cm³/mol. The van der Waals surface area contributed by atoms with Crippen molar-refractivity contribution in [3.05, 3.63) is 29.6 Å². The highest BCUT2D eigenvalue weighted by molar-refractivity contribution is 5.89. The molecule has 21 heavy (non-hydrogen) atoms. The lowest BCUT2D eigenvalue weighted by atomic mass is 9.89. The lowest BCUT2D eigenvalue weighted by molar-refractivity contribution is -0.00673. The van der Waals surface area contributed by atoms with Crippen LogP contribution in [0.1, 0.15) is 44.1 Å². The average molecular weight is 292 g/mol. The summed E-state index contributed by atoms with van der Waals surface area (Å²) in [5.74, 6) is 0.149. The molecule has 0 bridgehead atoms. The molecule has 2 saturated carbocycles. The number of ether oxygens (including phenoxy) is 1. The Labute approximate surface area is 124 Å². The summed E-state index contributed by atoms with van der Waals surface area (Å²) in [6.45, 7) is 2.68. The number of carbonyl (C=O) groups is 1. The highest BCUT2D eigenvalue weighted by Crippen LogP contribution is 2.42. The van der Waals surface area contributed by atoms with Crippen molar-refractivity contribution in [3.63, 3.8) is 0 Å². The molecule has 3 rings (SSSR count). The summed E-state index contributed by atoms with van der Waals surface area (Å²) in [5.41, 5.74) is 1.37. The van der Waals surface area contributed by atoms with E-state index in [2.05, 4.69) is 10.6 Å². The Morgan fingerprint density at radius 1 is 1.38 bits per heavy atom. The molecule has 2 aliphatic carbocycles. The third kappa shape index (κ3) is 3.53. The molecule has 0 spiro atoms. The van der Waals surface area contributed by atoms with Crippen LogP contribution < -0.4 is 10.6 Å². The van der Waals surface area contributed by atoms with Gasteiger partial charge in [0.1, 0.15) is 5.82 Å². The summed E-state index contributed by atoms with van der Waals surface area (Å²) in [6.07, 6.45) is 4.06. The van der Waals surface area contributed by atoms with Gasteiger partial charge in [-0.3, -0.25) is 0 Å². The molecule has 0 heterocycles. The van der Waals surface area contributed by atoms with Crippen LogP contribution >= 0.6 is 0 Å². The molecule has 0 radical (unpaired) electrons. The van der Waals surface area contributed by atoms with Crippen LogP contribution in [0.5, 0.6) is 0 Å². The van der Waals surface area contributed by atoms with E-state index in [9.17, 15) is 9.18 Å². The summed E-state index contributed by atoms with van der Waals surface area (Å²) in [5, 5.41) is 5.69. The number of nitrogens with one attached hydrogen (secondary N) is 2. The molecule has 2 fully saturated rings. The van der Waals surface area contributed by atoms with Crippen molar-refractivity contribution in [1.82, 2.24) is 5.32 Å². The van der Waals surface area contributed by atoms with Gasteiger partial charge in [-0.05, 0) is 62.3 Å². The molecule has 2 N–H and O–H groups in total. The molecule has 4 nitrogen and oxygen atoms in total. The lowest BCUT2D eigenvalue weighted by Gasteiger charge is -2.35. The summed E-state index contributed by atoms with van der Waals surface area (Å²) < 4.78 is 19.1. The number of halogens is 1. The summed E-state index contributed by atoms with van der Waals surface area (Å²) in [7, 11) is 0. The van der Waals surface area contributed by atoms with Gasteiger partial charge in [0.2, 0.25) is 0 Å². The average Bonchev–Trinajstić information content (AvgIpc) is 3.23. The number of carbonyl (C=O) groups excluding carboxylic acids is 1. The standard InChI is InChI=1S/C16H21FN2O2/c1-2-21-13-7-12(8-13)19-16(20)18-11-5-6-15(17)14(9-11)10-3-4-10/h5-6,9-10,12-13H,2-4,7-8H2,1H3,(H2,18,19,20). The normalized spacial score (nSPS) is 24.3. The number of rotatable bonds is 5. The Bertz CT molecular complexity index is 525. The van der Waals surface area contributed by atoms with E-state index in [1.807, 2.05) is 6.92 Å². The molecule has 0 unspecified atom stereocenters. The zero-order chi connectivity index (χ0) is 14.8. The minimum Gasteiger partial charge on any atom is -0.378 e. The fraction of sp³-hybridized carbons (Fsp3) is 0.562. The molecular formula is C16H21FN2O2. The second-order valence-electron chi connectivity index (χ2n) is 5.85. The van der Waals surface area contributed by atoms with Gasteiger partial charge < -0.3 is 15.4 Å². The van der Waals surface area contributed by atoms with Gasteiger partial charge in [0.05, 0.1) is 6.10 Å². The van der Waals surface area contributed by atoms with E-state index >= 15 is 0 Å². The quantitative estimate of drug-likeness (QED) is 0.874. The number of hydrogen-bond acceptors (Lipinski definition) is 2. The summed E-state index contributed by atoms with van der Waals surface area (Å²) in [4.78, 5) is 11.9. The highest BCUT2D eigenvalue weighted by atomic mass is 19.1. The smallest absolute Gasteiger partial charge is 0.319 e. The second kappa shape index (κ2) is 6.02. The Hall–Kier alpha value is -1.62. The molecular weight excluding hydrogens is 271 g/mol. The van der Waals surface area contributed by atoms with Crippen molar-refractivity contribution in [1.29, 1.82) is 0 Å². The van der Waals surface area contributed by atoms with Crippen LogP contribution in [0.3, 0.4) is 0 Å². The largest absolute Gasteiger partial charge is 0.378 e. The fourth-order valence-corrected chi connectivity index (χ4v) is 2.74. The molecule has 1 aromatic rings. The van der Waals surface area contributed by atoms with Crippen LogP contribution in [0.25, 0.3) is 0 Å². The van der Waals surface area contributed by atoms with Crippen molar-refractivity contribution < 1.29 is 13.9 Å². The first kappa shape index (κ1) is 14.3. The van der Waals surface area contributed by atoms with E-state index in [1.165, 1.54) is 6.07 Å². The molecule has 0 aromatic heterocycles. The molecule has 5 heteroatoms. The molecule has 0 atom stereocenters. The maximum Gasteiger partial charge on any atom is 0.319 e. The first-order chi connectivity index (χ1) is 10.2. The van der Waals surface area contributed by atoms with E-state index < -0.39 is 0 Å². The van der Waals surface area contributed by atoms with E-state index in [0.29, 0.717) is 23.8 Å². The second-order valence-corrected chi connectivity index (χ2v) is 5.85. The number of anilines is 1. The maximum atomic E-state index is 13.6. The zero-order valence-electron chi connectivity index (χ0n) is 12.2. The van der Waals surface area contributed by atoms with Gasteiger partial charge in [-0.1, -0.05) is 0 Å². The van der Waals surface area contributed by atoms with Gasteiger partial charge in [-0.25, -0.2) is 9.18 Å². The number of benzene rings is 1. The molecule has 2 amide bonds. The van der Waals surface area contributed by atoms with Gasteiger partial charge in [0.15, 0.2) is 0 Å². The lowest BCUT2D eigenvalue weighted by Crippen LogP contribution is -2.49. The van der Waals surface area contributed by atoms with Gasteiger partial charge in [0, 0.05) is 18.3 Å². The van der Waals surface area contributed by atoms with Crippen molar-refractivity contribution in [3.8, 4) is 0 Å². The SMILES string of the molecule is CCOC1CC(NC(=O)Nc2ccc(F)c(C3CC3)c2)C1. The van der Waals surface area contributed by atoms with Crippen LogP contribution in [0.2, 0.25) is 0 Å². The maximum absolute atomic E-state index is 13.6. The van der Waals surface area contributed by atoms with Crippen LogP contribution in [-0.4, -0.2) is 24.8 Å². The Morgan fingerprint density at radius 2 is 2.14 bits per heavy atom. The van der Waals surface area contributed by atoms with Crippen LogP contribution in [0, 0.1) is 5.82 Å². The van der Waals surface area contributed by atoms with Crippen LogP contribution in [0.4, 0.5) is 14.9 Å². The van der Waals surface area contributed by atoms with Crippen molar-refractivity contribution >= 4 is 11.7 Å². The van der Waals surface area contributed by atoms with Crippen molar-refractivity contribution in [2.45, 2.75) is 50.7 Å². The van der Waals surface area contributed by atoms with E-state index in [1.54, 1.807) is 12.1 Å². The first-order valence-corrected chi connectivity index (χ1v) is 7.64. The van der Waals surface area contributed by atoms with Crippen LogP contribution in [-0.2, 0) is 4.74 Å². The van der Waals surface area contributed by atoms with Crippen molar-refractivity contribution in [2.75, 3.05) is 11.9 Å². The topological polar surface area (TPSA) is 50.4 Å². The minimum atomic E-state index is -0.233. The molecule has 0 saturated heterocycles. The Kier molecular flexibility index (Phi) is 4.10. The highest BCUT2D eigenvalue weighted by Gasteiger charge is 2.31. The fourth-order valence-electron chi connectivity index (χ4n) is 2.74.